The first-order valence-electron chi connectivity index (χ1n) is 3.16. The normalized spacial score (nSPS) is 10.8. The summed E-state index contributed by atoms with van der Waals surface area (Å²) in [7, 11) is 0. The van der Waals surface area contributed by atoms with Crippen LogP contribution in [0.15, 0.2) is 12.3 Å². The summed E-state index contributed by atoms with van der Waals surface area (Å²) in [5.74, 6) is -3.04. The van der Waals surface area contributed by atoms with E-state index in [-0.39, 0.29) is 11.3 Å². The van der Waals surface area contributed by atoms with Crippen molar-refractivity contribution in [2.45, 2.75) is 12.8 Å². The fourth-order valence-electron chi connectivity index (χ4n) is 0.769. The van der Waals surface area contributed by atoms with Crippen LogP contribution in [0.25, 0.3) is 0 Å². The van der Waals surface area contributed by atoms with Gasteiger partial charge in [-0.1, -0.05) is 0 Å². The summed E-state index contributed by atoms with van der Waals surface area (Å²) in [6, 6.07) is 2.64. The highest BCUT2D eigenvalue weighted by Crippen LogP contribution is 2.27. The van der Waals surface area contributed by atoms with Crippen molar-refractivity contribution in [1.29, 1.82) is 5.26 Å². The Kier molecular flexibility index (Phi) is 2.00. The number of halogens is 2. The summed E-state index contributed by atoms with van der Waals surface area (Å²) < 4.78 is 25.4. The molecule has 0 saturated carbocycles. The van der Waals surface area contributed by atoms with Gasteiger partial charge in [0.2, 0.25) is 0 Å². The van der Waals surface area contributed by atoms with Crippen molar-refractivity contribution in [2.24, 2.45) is 0 Å². The molecule has 1 aromatic rings. The molecule has 1 rings (SSSR count). The quantitative estimate of drug-likeness (QED) is 0.639. The average molecular weight is 169 g/mol. The number of hydrogen-bond acceptors (Lipinski definition) is 3. The van der Waals surface area contributed by atoms with E-state index in [0.29, 0.717) is 6.92 Å². The van der Waals surface area contributed by atoms with Gasteiger partial charge in [-0.25, -0.2) is 8.78 Å². The van der Waals surface area contributed by atoms with E-state index in [1.54, 1.807) is 6.07 Å². The molecule has 0 saturated heterocycles. The zero-order valence-electron chi connectivity index (χ0n) is 6.25. The summed E-state index contributed by atoms with van der Waals surface area (Å²) in [4.78, 5) is 0. The van der Waals surface area contributed by atoms with Crippen LogP contribution in [0.5, 0.6) is 0 Å². The van der Waals surface area contributed by atoms with Gasteiger partial charge in [0.05, 0.1) is 11.8 Å². The second-order valence-electron chi connectivity index (χ2n) is 2.29. The second-order valence-corrected chi connectivity index (χ2v) is 2.29. The van der Waals surface area contributed by atoms with E-state index in [9.17, 15) is 8.78 Å². The van der Waals surface area contributed by atoms with Gasteiger partial charge >= 0.3 is 0 Å². The molecule has 0 bridgehead atoms. The number of nitriles is 1. The number of nitrogens with zero attached hydrogens (tertiary/aromatic N) is 3. The van der Waals surface area contributed by atoms with Crippen LogP contribution in [0.1, 0.15) is 18.2 Å². The maximum absolute atomic E-state index is 12.7. The molecule has 62 valence electrons. The van der Waals surface area contributed by atoms with Gasteiger partial charge in [-0.2, -0.15) is 10.4 Å². The summed E-state index contributed by atoms with van der Waals surface area (Å²) in [6.45, 7) is 0.713. The fourth-order valence-corrected chi connectivity index (χ4v) is 0.769. The van der Waals surface area contributed by atoms with E-state index in [1.165, 1.54) is 0 Å². The molecule has 0 atom stereocenters. The molecule has 0 aliphatic carbocycles. The van der Waals surface area contributed by atoms with E-state index in [2.05, 4.69) is 10.2 Å². The van der Waals surface area contributed by atoms with Crippen molar-refractivity contribution in [3.05, 3.63) is 23.5 Å². The van der Waals surface area contributed by atoms with E-state index < -0.39 is 5.92 Å². The Balaban J connectivity index is 3.26. The summed E-state index contributed by atoms with van der Waals surface area (Å²) in [5.41, 5.74) is -0.718. The minimum absolute atomic E-state index is 0.329. The first-order chi connectivity index (χ1) is 5.55. The standard InChI is InChI=1S/C7H5F2N3/c1-7(8,9)5-2-3-11-12-6(5)4-10/h2-3H,1H3. The van der Waals surface area contributed by atoms with Crippen molar-refractivity contribution in [3.63, 3.8) is 0 Å². The van der Waals surface area contributed by atoms with Gasteiger partial charge < -0.3 is 0 Å². The second kappa shape index (κ2) is 2.81. The molecule has 0 spiro atoms. The number of aromatic nitrogens is 2. The van der Waals surface area contributed by atoms with Crippen LogP contribution in [0.4, 0.5) is 8.78 Å². The minimum Gasteiger partial charge on any atom is -0.202 e. The van der Waals surface area contributed by atoms with Gasteiger partial charge in [0, 0.05) is 6.92 Å². The van der Waals surface area contributed by atoms with Crippen molar-refractivity contribution < 1.29 is 8.78 Å². The molecule has 1 aromatic heterocycles. The smallest absolute Gasteiger partial charge is 0.202 e. The molecule has 0 aliphatic rings. The lowest BCUT2D eigenvalue weighted by Gasteiger charge is -2.09. The van der Waals surface area contributed by atoms with Crippen LogP contribution in [-0.2, 0) is 5.92 Å². The highest BCUT2D eigenvalue weighted by molar-refractivity contribution is 5.31. The topological polar surface area (TPSA) is 49.6 Å². The first-order valence-corrected chi connectivity index (χ1v) is 3.16. The Morgan fingerprint density at radius 2 is 2.25 bits per heavy atom. The number of alkyl halides is 2. The molecule has 0 unspecified atom stereocenters. The van der Waals surface area contributed by atoms with Crippen LogP contribution in [-0.4, -0.2) is 10.2 Å². The third-order valence-corrected chi connectivity index (χ3v) is 1.30. The van der Waals surface area contributed by atoms with E-state index in [0.717, 1.165) is 12.3 Å². The highest BCUT2D eigenvalue weighted by atomic mass is 19.3. The maximum atomic E-state index is 12.7. The van der Waals surface area contributed by atoms with Gasteiger partial charge in [0.25, 0.3) is 5.92 Å². The predicted molar refractivity (Wildman–Crippen MR) is 36.3 cm³/mol. The van der Waals surface area contributed by atoms with Crippen LogP contribution in [0.2, 0.25) is 0 Å². The molecule has 0 aliphatic heterocycles. The van der Waals surface area contributed by atoms with E-state index >= 15 is 0 Å². The molecule has 5 heteroatoms. The van der Waals surface area contributed by atoms with Crippen LogP contribution < -0.4 is 0 Å². The molecule has 1 heterocycles. The van der Waals surface area contributed by atoms with Crippen molar-refractivity contribution in [3.8, 4) is 6.07 Å². The third kappa shape index (κ3) is 1.53. The molecule has 0 N–H and O–H groups in total. The Morgan fingerprint density at radius 1 is 1.58 bits per heavy atom. The summed E-state index contributed by atoms with van der Waals surface area (Å²) in [5, 5.41) is 15.0. The van der Waals surface area contributed by atoms with E-state index in [4.69, 9.17) is 5.26 Å². The predicted octanol–water partition coefficient (Wildman–Crippen LogP) is 1.46. The summed E-state index contributed by atoms with van der Waals surface area (Å²) in [6.07, 6.45) is 1.13. The Bertz CT molecular complexity index is 324. The lowest BCUT2D eigenvalue weighted by molar-refractivity contribution is 0.0166. The molecule has 12 heavy (non-hydrogen) atoms. The van der Waals surface area contributed by atoms with Gasteiger partial charge in [-0.15, -0.1) is 5.10 Å². The van der Waals surface area contributed by atoms with Crippen molar-refractivity contribution >= 4 is 0 Å². The van der Waals surface area contributed by atoms with Crippen LogP contribution in [0.3, 0.4) is 0 Å². The van der Waals surface area contributed by atoms with Gasteiger partial charge in [0.1, 0.15) is 6.07 Å². The molecule has 0 radical (unpaired) electrons. The first kappa shape index (κ1) is 8.53. The van der Waals surface area contributed by atoms with Crippen molar-refractivity contribution in [2.75, 3.05) is 0 Å². The highest BCUT2D eigenvalue weighted by Gasteiger charge is 2.28. The Labute approximate surface area is 67.7 Å². The largest absolute Gasteiger partial charge is 0.273 e. The number of rotatable bonds is 1. The molecular weight excluding hydrogens is 164 g/mol. The zero-order valence-corrected chi connectivity index (χ0v) is 6.25. The molecule has 3 nitrogen and oxygen atoms in total. The summed E-state index contributed by atoms with van der Waals surface area (Å²) >= 11 is 0. The zero-order chi connectivity index (χ0) is 9.19. The van der Waals surface area contributed by atoms with Gasteiger partial charge in [0.15, 0.2) is 5.69 Å². The SMILES string of the molecule is CC(F)(F)c1ccnnc1C#N. The Morgan fingerprint density at radius 3 is 2.67 bits per heavy atom. The van der Waals surface area contributed by atoms with Crippen LogP contribution in [0, 0.1) is 11.3 Å². The molecule has 0 aromatic carbocycles. The van der Waals surface area contributed by atoms with E-state index in [1.807, 2.05) is 0 Å². The Hall–Kier alpha value is -1.57. The van der Waals surface area contributed by atoms with Crippen LogP contribution >= 0.6 is 0 Å². The minimum atomic E-state index is -3.04. The molecule has 0 fully saturated rings. The van der Waals surface area contributed by atoms with Gasteiger partial charge in [-0.3, -0.25) is 0 Å². The third-order valence-electron chi connectivity index (χ3n) is 1.30. The lowest BCUT2D eigenvalue weighted by Crippen LogP contribution is -2.11. The van der Waals surface area contributed by atoms with Gasteiger partial charge in [-0.05, 0) is 6.07 Å². The maximum Gasteiger partial charge on any atom is 0.273 e. The average Bonchev–Trinajstić information content (AvgIpc) is 2.03. The van der Waals surface area contributed by atoms with Crippen molar-refractivity contribution in [1.82, 2.24) is 10.2 Å². The fraction of sp³-hybridized carbons (Fsp3) is 0.286. The monoisotopic (exact) mass is 169 g/mol. The number of hydrogen-bond donors (Lipinski definition) is 0. The lowest BCUT2D eigenvalue weighted by atomic mass is 10.1. The molecule has 0 amide bonds. The molecular formula is C7H5F2N3.